The van der Waals surface area contributed by atoms with Crippen LogP contribution in [0.3, 0.4) is 0 Å². The Morgan fingerprint density at radius 2 is 1.88 bits per heavy atom. The third-order valence-corrected chi connectivity index (χ3v) is 6.42. The molecule has 2 aliphatic heterocycles. The molecule has 1 aliphatic carbocycles. The summed E-state index contributed by atoms with van der Waals surface area (Å²) in [6, 6.07) is 0.827. The predicted octanol–water partition coefficient (Wildman–Crippen LogP) is 2.69. The van der Waals surface area contributed by atoms with Crippen molar-refractivity contribution in [3.05, 3.63) is 0 Å². The Labute approximate surface area is 152 Å². The van der Waals surface area contributed by atoms with Crippen LogP contribution in [0, 0.1) is 0 Å². The summed E-state index contributed by atoms with van der Waals surface area (Å²) in [7, 11) is 0. The van der Waals surface area contributed by atoms with Gasteiger partial charge in [0.15, 0.2) is 0 Å². The van der Waals surface area contributed by atoms with Crippen molar-refractivity contribution < 1.29 is 9.59 Å². The molecule has 3 aliphatic rings. The summed E-state index contributed by atoms with van der Waals surface area (Å²) < 4.78 is 0. The lowest BCUT2D eigenvalue weighted by Gasteiger charge is -2.35. The highest BCUT2D eigenvalue weighted by atomic mass is 16.2. The maximum Gasteiger partial charge on any atom is 0.242 e. The van der Waals surface area contributed by atoms with Gasteiger partial charge in [-0.2, -0.15) is 0 Å². The van der Waals surface area contributed by atoms with Crippen molar-refractivity contribution in [3.8, 4) is 0 Å². The molecule has 1 N–H and O–H groups in total. The van der Waals surface area contributed by atoms with Gasteiger partial charge in [0, 0.05) is 31.6 Å². The van der Waals surface area contributed by atoms with E-state index in [0.29, 0.717) is 18.9 Å². The normalized spacial score (nSPS) is 28.7. The summed E-state index contributed by atoms with van der Waals surface area (Å²) in [5, 5.41) is 3.11. The van der Waals surface area contributed by atoms with E-state index in [9.17, 15) is 9.59 Å². The molecule has 0 aromatic rings. The average Bonchev–Trinajstić information content (AvgIpc) is 3.28. The number of likely N-dealkylation sites (tertiary alicyclic amines) is 2. The molecule has 5 nitrogen and oxygen atoms in total. The molecule has 142 valence electrons. The van der Waals surface area contributed by atoms with Crippen LogP contribution in [0.15, 0.2) is 0 Å². The Bertz CT molecular complexity index is 462. The first kappa shape index (κ1) is 18.7. The van der Waals surface area contributed by atoms with Gasteiger partial charge < -0.3 is 15.1 Å². The third-order valence-electron chi connectivity index (χ3n) is 6.42. The van der Waals surface area contributed by atoms with E-state index in [0.717, 1.165) is 38.4 Å². The summed E-state index contributed by atoms with van der Waals surface area (Å²) in [4.78, 5) is 29.3. The number of rotatable bonds is 7. The number of nitrogens with one attached hydrogen (secondary N) is 1. The van der Waals surface area contributed by atoms with Crippen LogP contribution in [0.5, 0.6) is 0 Å². The highest BCUT2D eigenvalue weighted by Gasteiger charge is 2.40. The molecule has 2 saturated heterocycles. The first-order chi connectivity index (χ1) is 12.2. The summed E-state index contributed by atoms with van der Waals surface area (Å²) in [6.45, 7) is 5.29. The fraction of sp³-hybridized carbons (Fsp3) is 0.900. The van der Waals surface area contributed by atoms with Crippen molar-refractivity contribution in [2.45, 2.75) is 95.7 Å². The lowest BCUT2D eigenvalue weighted by Crippen LogP contribution is -2.49. The Morgan fingerprint density at radius 3 is 2.64 bits per heavy atom. The number of carbonyl (C=O) groups excluding carboxylic acids is 2. The van der Waals surface area contributed by atoms with E-state index in [2.05, 4.69) is 17.1 Å². The molecule has 0 radical (unpaired) electrons. The fourth-order valence-corrected chi connectivity index (χ4v) is 5.03. The van der Waals surface area contributed by atoms with Crippen LogP contribution < -0.4 is 5.32 Å². The van der Waals surface area contributed by atoms with E-state index in [4.69, 9.17) is 0 Å². The SMILES string of the molecule is CCC1CCCCN1CCCNC(=O)C1CCC(=O)N1C1CCCC1. The molecule has 3 rings (SSSR count). The third kappa shape index (κ3) is 4.55. The topological polar surface area (TPSA) is 52.7 Å². The molecule has 2 atom stereocenters. The highest BCUT2D eigenvalue weighted by Crippen LogP contribution is 2.31. The maximum absolute atomic E-state index is 12.6. The molecule has 0 bridgehead atoms. The Hall–Kier alpha value is -1.10. The van der Waals surface area contributed by atoms with Gasteiger partial charge in [0.05, 0.1) is 0 Å². The van der Waals surface area contributed by atoms with Gasteiger partial charge in [0.2, 0.25) is 11.8 Å². The zero-order valence-corrected chi connectivity index (χ0v) is 15.8. The Kier molecular flexibility index (Phi) is 6.74. The van der Waals surface area contributed by atoms with Gasteiger partial charge in [0.25, 0.3) is 0 Å². The molecular formula is C20H35N3O2. The molecule has 0 aromatic carbocycles. The summed E-state index contributed by atoms with van der Waals surface area (Å²) in [5.41, 5.74) is 0. The van der Waals surface area contributed by atoms with Crippen molar-refractivity contribution >= 4 is 11.8 Å². The summed E-state index contributed by atoms with van der Waals surface area (Å²) in [6.07, 6.45) is 12.0. The second-order valence-electron chi connectivity index (χ2n) is 8.03. The van der Waals surface area contributed by atoms with Gasteiger partial charge in [-0.15, -0.1) is 0 Å². The lowest BCUT2D eigenvalue weighted by molar-refractivity contribution is -0.137. The maximum atomic E-state index is 12.6. The quantitative estimate of drug-likeness (QED) is 0.719. The zero-order valence-electron chi connectivity index (χ0n) is 15.8. The van der Waals surface area contributed by atoms with Gasteiger partial charge in [-0.05, 0) is 51.5 Å². The van der Waals surface area contributed by atoms with Crippen molar-refractivity contribution in [1.29, 1.82) is 0 Å². The summed E-state index contributed by atoms with van der Waals surface area (Å²) >= 11 is 0. The molecule has 5 heteroatoms. The molecule has 3 fully saturated rings. The van der Waals surface area contributed by atoms with Crippen LogP contribution in [-0.4, -0.2) is 59.4 Å². The van der Waals surface area contributed by atoms with E-state index in [-0.39, 0.29) is 17.9 Å². The molecular weight excluding hydrogens is 314 g/mol. The molecule has 2 unspecified atom stereocenters. The summed E-state index contributed by atoms with van der Waals surface area (Å²) in [5.74, 6) is 0.259. The van der Waals surface area contributed by atoms with Crippen molar-refractivity contribution in [2.75, 3.05) is 19.6 Å². The number of amides is 2. The van der Waals surface area contributed by atoms with E-state index in [1.165, 1.54) is 45.1 Å². The first-order valence-electron chi connectivity index (χ1n) is 10.5. The van der Waals surface area contributed by atoms with Crippen LogP contribution in [0.4, 0.5) is 0 Å². The number of piperidine rings is 1. The molecule has 0 spiro atoms. The molecule has 2 amide bonds. The zero-order chi connectivity index (χ0) is 17.6. The monoisotopic (exact) mass is 349 g/mol. The van der Waals surface area contributed by atoms with E-state index in [1.54, 1.807) is 0 Å². The molecule has 2 heterocycles. The molecule has 0 aromatic heterocycles. The van der Waals surface area contributed by atoms with Gasteiger partial charge in [0.1, 0.15) is 6.04 Å². The number of nitrogens with zero attached hydrogens (tertiary/aromatic N) is 2. The van der Waals surface area contributed by atoms with Gasteiger partial charge in [-0.1, -0.05) is 26.2 Å². The van der Waals surface area contributed by atoms with Gasteiger partial charge >= 0.3 is 0 Å². The van der Waals surface area contributed by atoms with Gasteiger partial charge in [-0.25, -0.2) is 0 Å². The minimum atomic E-state index is -0.214. The van der Waals surface area contributed by atoms with Crippen LogP contribution in [-0.2, 0) is 9.59 Å². The molecule has 25 heavy (non-hydrogen) atoms. The second kappa shape index (κ2) is 9.02. The highest BCUT2D eigenvalue weighted by molar-refractivity contribution is 5.91. The Morgan fingerprint density at radius 1 is 1.12 bits per heavy atom. The van der Waals surface area contributed by atoms with E-state index in [1.807, 2.05) is 4.90 Å². The average molecular weight is 350 g/mol. The van der Waals surface area contributed by atoms with Crippen LogP contribution in [0.1, 0.15) is 77.6 Å². The minimum Gasteiger partial charge on any atom is -0.354 e. The van der Waals surface area contributed by atoms with Crippen molar-refractivity contribution in [1.82, 2.24) is 15.1 Å². The Balaban J connectivity index is 1.42. The first-order valence-corrected chi connectivity index (χ1v) is 10.5. The van der Waals surface area contributed by atoms with E-state index >= 15 is 0 Å². The fourth-order valence-electron chi connectivity index (χ4n) is 5.03. The van der Waals surface area contributed by atoms with Crippen molar-refractivity contribution in [3.63, 3.8) is 0 Å². The van der Waals surface area contributed by atoms with E-state index < -0.39 is 0 Å². The lowest BCUT2D eigenvalue weighted by atomic mass is 10.00. The molecule has 1 saturated carbocycles. The predicted molar refractivity (Wildman–Crippen MR) is 99.3 cm³/mol. The minimum absolute atomic E-state index is 0.0726. The van der Waals surface area contributed by atoms with Crippen LogP contribution in [0.2, 0.25) is 0 Å². The standard InChI is InChI=1S/C20H35N3O2/c1-2-16-8-5-6-14-22(16)15-7-13-21-20(25)18-11-12-19(24)23(18)17-9-3-4-10-17/h16-18H,2-15H2,1H3,(H,21,25). The van der Waals surface area contributed by atoms with Gasteiger partial charge in [-0.3, -0.25) is 9.59 Å². The number of carbonyl (C=O) groups is 2. The second-order valence-corrected chi connectivity index (χ2v) is 8.03. The van der Waals surface area contributed by atoms with Crippen LogP contribution in [0.25, 0.3) is 0 Å². The van der Waals surface area contributed by atoms with Crippen LogP contribution >= 0.6 is 0 Å². The number of hydrogen-bond donors (Lipinski definition) is 1. The largest absolute Gasteiger partial charge is 0.354 e. The smallest absolute Gasteiger partial charge is 0.242 e. The van der Waals surface area contributed by atoms with Crippen molar-refractivity contribution in [2.24, 2.45) is 0 Å². The number of hydrogen-bond acceptors (Lipinski definition) is 3.